The van der Waals surface area contributed by atoms with E-state index in [1.54, 1.807) is 10.7 Å². The number of benzene rings is 1. The van der Waals surface area contributed by atoms with Crippen molar-refractivity contribution in [1.29, 1.82) is 0 Å². The fourth-order valence-corrected chi connectivity index (χ4v) is 1.40. The smallest absolute Gasteiger partial charge is 0.170 e. The summed E-state index contributed by atoms with van der Waals surface area (Å²) in [6.07, 6.45) is 0.665. The van der Waals surface area contributed by atoms with Crippen molar-refractivity contribution in [2.75, 3.05) is 0 Å². The maximum Gasteiger partial charge on any atom is 0.170 e. The van der Waals surface area contributed by atoms with Crippen molar-refractivity contribution < 1.29 is 9.90 Å². The number of hydrogen-bond acceptors (Lipinski definition) is 3. The van der Waals surface area contributed by atoms with Crippen molar-refractivity contribution in [1.82, 2.24) is 9.78 Å². The van der Waals surface area contributed by atoms with Gasteiger partial charge in [-0.15, -0.1) is 0 Å². The first-order chi connectivity index (χ1) is 7.35. The quantitative estimate of drug-likeness (QED) is 0.760. The number of aldehydes is 1. The molecule has 1 N–H and O–H groups in total. The van der Waals surface area contributed by atoms with Gasteiger partial charge in [-0.3, -0.25) is 4.79 Å². The minimum Gasteiger partial charge on any atom is -0.390 e. The van der Waals surface area contributed by atoms with Gasteiger partial charge in [0.2, 0.25) is 0 Å². The highest BCUT2D eigenvalue weighted by molar-refractivity contribution is 5.72. The van der Waals surface area contributed by atoms with Crippen LogP contribution in [0.1, 0.15) is 16.2 Å². The summed E-state index contributed by atoms with van der Waals surface area (Å²) in [7, 11) is 0. The Morgan fingerprint density at radius 2 is 2.07 bits per heavy atom. The molecule has 2 rings (SSSR count). The number of para-hydroxylation sites is 1. The lowest BCUT2D eigenvalue weighted by molar-refractivity contribution is 0.111. The second kappa shape index (κ2) is 4.06. The summed E-state index contributed by atoms with van der Waals surface area (Å²) >= 11 is 0. The molecule has 4 heteroatoms. The first kappa shape index (κ1) is 9.61. The van der Waals surface area contributed by atoms with Crippen LogP contribution in [0.15, 0.2) is 36.4 Å². The highest BCUT2D eigenvalue weighted by Gasteiger charge is 2.07. The molecular formula is C11H10N2O2. The molecule has 0 saturated heterocycles. The molecule has 76 valence electrons. The Hall–Kier alpha value is -1.94. The predicted octanol–water partition coefficient (Wildman–Crippen LogP) is 1.18. The number of hydrogen-bond donors (Lipinski definition) is 1. The zero-order valence-electron chi connectivity index (χ0n) is 8.00. The van der Waals surface area contributed by atoms with Crippen molar-refractivity contribution in [3.63, 3.8) is 0 Å². The number of aromatic nitrogens is 2. The number of rotatable bonds is 3. The lowest BCUT2D eigenvalue weighted by Crippen LogP contribution is -2.01. The summed E-state index contributed by atoms with van der Waals surface area (Å²) in [5.41, 5.74) is 1.75. The number of carbonyl (C=O) groups excluding carboxylic acids is 1. The molecule has 0 fully saturated rings. The fraction of sp³-hybridized carbons (Fsp3) is 0.0909. The molecule has 0 bridgehead atoms. The van der Waals surface area contributed by atoms with Crippen LogP contribution in [0.3, 0.4) is 0 Å². The summed E-state index contributed by atoms with van der Waals surface area (Å²) < 4.78 is 1.56. The molecule has 2 aromatic rings. The van der Waals surface area contributed by atoms with Crippen LogP contribution in [-0.4, -0.2) is 21.2 Å². The highest BCUT2D eigenvalue weighted by Crippen LogP contribution is 2.11. The second-order valence-electron chi connectivity index (χ2n) is 3.08. The van der Waals surface area contributed by atoms with Crippen LogP contribution >= 0.6 is 0 Å². The maximum absolute atomic E-state index is 10.6. The van der Waals surface area contributed by atoms with Gasteiger partial charge in [0.15, 0.2) is 6.29 Å². The first-order valence-corrected chi connectivity index (χ1v) is 4.55. The largest absolute Gasteiger partial charge is 0.390 e. The number of aliphatic hydroxyl groups is 1. The lowest BCUT2D eigenvalue weighted by atomic mass is 10.3. The van der Waals surface area contributed by atoms with E-state index in [4.69, 9.17) is 5.11 Å². The van der Waals surface area contributed by atoms with E-state index < -0.39 is 0 Å². The average Bonchev–Trinajstić information content (AvgIpc) is 2.73. The molecule has 1 heterocycles. The van der Waals surface area contributed by atoms with Crippen LogP contribution in [-0.2, 0) is 6.61 Å². The van der Waals surface area contributed by atoms with Crippen molar-refractivity contribution in [3.05, 3.63) is 47.8 Å². The third-order valence-corrected chi connectivity index (χ3v) is 2.09. The molecule has 1 aromatic heterocycles. The normalized spacial score (nSPS) is 10.2. The van der Waals surface area contributed by atoms with Gasteiger partial charge in [0.1, 0.15) is 5.69 Å². The molecule has 0 aliphatic heterocycles. The fourth-order valence-electron chi connectivity index (χ4n) is 1.40. The van der Waals surface area contributed by atoms with Crippen molar-refractivity contribution in [2.45, 2.75) is 6.61 Å². The zero-order chi connectivity index (χ0) is 10.7. The Morgan fingerprint density at radius 1 is 1.33 bits per heavy atom. The third kappa shape index (κ3) is 1.80. The second-order valence-corrected chi connectivity index (χ2v) is 3.08. The molecule has 0 amide bonds. The maximum atomic E-state index is 10.6. The average molecular weight is 202 g/mol. The van der Waals surface area contributed by atoms with Gasteiger partial charge >= 0.3 is 0 Å². The van der Waals surface area contributed by atoms with Gasteiger partial charge in [-0.2, -0.15) is 5.10 Å². The van der Waals surface area contributed by atoms with Crippen molar-refractivity contribution in [3.8, 4) is 5.69 Å². The molecular weight excluding hydrogens is 192 g/mol. The Kier molecular flexibility index (Phi) is 2.60. The van der Waals surface area contributed by atoms with Crippen LogP contribution in [0.2, 0.25) is 0 Å². The van der Waals surface area contributed by atoms with Gasteiger partial charge in [-0.05, 0) is 18.2 Å². The third-order valence-electron chi connectivity index (χ3n) is 2.09. The first-order valence-electron chi connectivity index (χ1n) is 4.55. The standard InChI is InChI=1S/C11H10N2O2/c14-7-9-6-11(8-15)13(12-9)10-4-2-1-3-5-10/h1-7,15H,8H2. The van der Waals surface area contributed by atoms with E-state index in [0.717, 1.165) is 5.69 Å². The van der Waals surface area contributed by atoms with Crippen LogP contribution in [0.5, 0.6) is 0 Å². The van der Waals surface area contributed by atoms with E-state index in [1.807, 2.05) is 30.3 Å². The molecule has 0 unspecified atom stereocenters. The van der Waals surface area contributed by atoms with Crippen LogP contribution in [0, 0.1) is 0 Å². The van der Waals surface area contributed by atoms with Crippen molar-refractivity contribution in [2.24, 2.45) is 0 Å². The van der Waals surface area contributed by atoms with Gasteiger partial charge in [0.25, 0.3) is 0 Å². The lowest BCUT2D eigenvalue weighted by Gasteiger charge is -2.03. The zero-order valence-corrected chi connectivity index (χ0v) is 8.00. The molecule has 0 aliphatic carbocycles. The SMILES string of the molecule is O=Cc1cc(CO)n(-c2ccccc2)n1. The Bertz CT molecular complexity index is 463. The van der Waals surface area contributed by atoms with Gasteiger partial charge < -0.3 is 5.11 Å². The van der Waals surface area contributed by atoms with E-state index in [2.05, 4.69) is 5.10 Å². The summed E-state index contributed by atoms with van der Waals surface area (Å²) in [5.74, 6) is 0. The van der Waals surface area contributed by atoms with E-state index in [9.17, 15) is 4.79 Å². The Balaban J connectivity index is 2.52. The monoisotopic (exact) mass is 202 g/mol. The Morgan fingerprint density at radius 3 is 2.67 bits per heavy atom. The number of carbonyl (C=O) groups is 1. The summed E-state index contributed by atoms with van der Waals surface area (Å²) in [5, 5.41) is 13.2. The van der Waals surface area contributed by atoms with Gasteiger partial charge in [0, 0.05) is 0 Å². The summed E-state index contributed by atoms with van der Waals surface area (Å²) in [4.78, 5) is 10.6. The van der Waals surface area contributed by atoms with Crippen LogP contribution in [0.4, 0.5) is 0 Å². The minimum atomic E-state index is -0.143. The molecule has 0 saturated carbocycles. The molecule has 0 atom stereocenters. The van der Waals surface area contributed by atoms with Crippen LogP contribution < -0.4 is 0 Å². The summed E-state index contributed by atoms with van der Waals surface area (Å²) in [6.45, 7) is -0.143. The van der Waals surface area contributed by atoms with Gasteiger partial charge in [-0.25, -0.2) is 4.68 Å². The summed E-state index contributed by atoms with van der Waals surface area (Å²) in [6, 6.07) is 10.9. The van der Waals surface area contributed by atoms with Gasteiger partial charge in [-0.1, -0.05) is 18.2 Å². The number of nitrogens with zero attached hydrogens (tertiary/aromatic N) is 2. The minimum absolute atomic E-state index is 0.143. The van der Waals surface area contributed by atoms with Crippen molar-refractivity contribution >= 4 is 6.29 Å². The predicted molar refractivity (Wildman–Crippen MR) is 54.9 cm³/mol. The molecule has 0 radical (unpaired) electrons. The molecule has 1 aromatic carbocycles. The molecule has 0 spiro atoms. The van der Waals surface area contributed by atoms with E-state index in [0.29, 0.717) is 17.7 Å². The molecule has 4 nitrogen and oxygen atoms in total. The highest BCUT2D eigenvalue weighted by atomic mass is 16.3. The van der Waals surface area contributed by atoms with Crippen LogP contribution in [0.25, 0.3) is 5.69 Å². The molecule has 0 aliphatic rings. The topological polar surface area (TPSA) is 55.1 Å². The molecule has 15 heavy (non-hydrogen) atoms. The Labute approximate surface area is 86.8 Å². The van der Waals surface area contributed by atoms with E-state index >= 15 is 0 Å². The number of aliphatic hydroxyl groups excluding tert-OH is 1. The van der Waals surface area contributed by atoms with E-state index in [1.165, 1.54) is 0 Å². The van der Waals surface area contributed by atoms with Gasteiger partial charge in [0.05, 0.1) is 18.0 Å². The van der Waals surface area contributed by atoms with E-state index in [-0.39, 0.29) is 6.61 Å².